The van der Waals surface area contributed by atoms with Gasteiger partial charge in [0.1, 0.15) is 11.6 Å². The summed E-state index contributed by atoms with van der Waals surface area (Å²) in [5.41, 5.74) is 0.705. The van der Waals surface area contributed by atoms with Gasteiger partial charge in [-0.1, -0.05) is 0 Å². The number of likely N-dealkylation sites (N-methyl/N-ethyl adjacent to an activating group) is 1. The van der Waals surface area contributed by atoms with E-state index in [9.17, 15) is 9.18 Å². The van der Waals surface area contributed by atoms with Gasteiger partial charge in [0.25, 0.3) is 0 Å². The lowest BCUT2D eigenvalue weighted by Gasteiger charge is -2.24. The van der Waals surface area contributed by atoms with E-state index in [0.29, 0.717) is 23.9 Å². The normalized spacial score (nSPS) is 17.1. The molecule has 2 aromatic rings. The fourth-order valence-electron chi connectivity index (χ4n) is 2.82. The molecule has 1 fully saturated rings. The Morgan fingerprint density at radius 3 is 2.92 bits per heavy atom. The SMILES string of the molecule is CNCC(=O)N1CCC[C@H]1c1cncc(Oc2ccc(F)cc2)n1. The first-order chi connectivity index (χ1) is 11.7. The molecule has 0 spiro atoms. The molecule has 7 heteroatoms. The first-order valence-corrected chi connectivity index (χ1v) is 7.87. The molecule has 2 heterocycles. The molecular weight excluding hydrogens is 311 g/mol. The molecule has 0 aliphatic carbocycles. The predicted octanol–water partition coefficient (Wildman–Crippen LogP) is 2.29. The van der Waals surface area contributed by atoms with Gasteiger partial charge in [0.2, 0.25) is 11.8 Å². The molecule has 1 aliphatic rings. The highest BCUT2D eigenvalue weighted by molar-refractivity contribution is 5.79. The van der Waals surface area contributed by atoms with Crippen LogP contribution in [0.1, 0.15) is 24.6 Å². The quantitative estimate of drug-likeness (QED) is 0.911. The van der Waals surface area contributed by atoms with Crippen molar-refractivity contribution in [2.45, 2.75) is 18.9 Å². The fourth-order valence-corrected chi connectivity index (χ4v) is 2.82. The number of aromatic nitrogens is 2. The van der Waals surface area contributed by atoms with Gasteiger partial charge in [0, 0.05) is 6.54 Å². The van der Waals surface area contributed by atoms with E-state index in [1.807, 2.05) is 4.90 Å². The molecule has 0 bridgehead atoms. The summed E-state index contributed by atoms with van der Waals surface area (Å²) in [6, 6.07) is 5.61. The number of rotatable bonds is 5. The van der Waals surface area contributed by atoms with Crippen molar-refractivity contribution in [1.29, 1.82) is 0 Å². The summed E-state index contributed by atoms with van der Waals surface area (Å²) in [5.74, 6) is 0.530. The number of carbonyl (C=O) groups is 1. The highest BCUT2D eigenvalue weighted by atomic mass is 19.1. The van der Waals surface area contributed by atoms with Crippen LogP contribution in [0.2, 0.25) is 0 Å². The zero-order chi connectivity index (χ0) is 16.9. The van der Waals surface area contributed by atoms with Gasteiger partial charge in [-0.3, -0.25) is 9.78 Å². The van der Waals surface area contributed by atoms with E-state index >= 15 is 0 Å². The second-order valence-electron chi connectivity index (χ2n) is 5.61. The van der Waals surface area contributed by atoms with Crippen molar-refractivity contribution in [3.63, 3.8) is 0 Å². The van der Waals surface area contributed by atoms with Crippen LogP contribution < -0.4 is 10.1 Å². The Morgan fingerprint density at radius 1 is 1.38 bits per heavy atom. The van der Waals surface area contributed by atoms with Gasteiger partial charge >= 0.3 is 0 Å². The molecular formula is C17H19FN4O2. The summed E-state index contributed by atoms with van der Waals surface area (Å²) in [4.78, 5) is 22.6. The second-order valence-corrected chi connectivity index (χ2v) is 5.61. The summed E-state index contributed by atoms with van der Waals surface area (Å²) < 4.78 is 18.6. The number of amides is 1. The third-order valence-corrected chi connectivity index (χ3v) is 3.91. The fraction of sp³-hybridized carbons (Fsp3) is 0.353. The minimum atomic E-state index is -0.327. The smallest absolute Gasteiger partial charge is 0.238 e. The maximum atomic E-state index is 12.9. The van der Waals surface area contributed by atoms with Gasteiger partial charge < -0.3 is 15.0 Å². The summed E-state index contributed by atoms with van der Waals surface area (Å²) in [5, 5.41) is 2.88. The third-order valence-electron chi connectivity index (χ3n) is 3.91. The zero-order valence-electron chi connectivity index (χ0n) is 13.4. The van der Waals surface area contributed by atoms with E-state index in [0.717, 1.165) is 19.4 Å². The zero-order valence-corrected chi connectivity index (χ0v) is 13.4. The molecule has 6 nitrogen and oxygen atoms in total. The first-order valence-electron chi connectivity index (χ1n) is 7.87. The average molecular weight is 330 g/mol. The van der Waals surface area contributed by atoms with E-state index in [2.05, 4.69) is 15.3 Å². The molecule has 3 rings (SSSR count). The molecule has 1 atom stereocenters. The lowest BCUT2D eigenvalue weighted by molar-refractivity contribution is -0.131. The van der Waals surface area contributed by atoms with Crippen LogP contribution in [-0.2, 0) is 4.79 Å². The summed E-state index contributed by atoms with van der Waals surface area (Å²) >= 11 is 0. The van der Waals surface area contributed by atoms with Gasteiger partial charge in [0.15, 0.2) is 0 Å². The van der Waals surface area contributed by atoms with Crippen LogP contribution in [-0.4, -0.2) is 40.9 Å². The second kappa shape index (κ2) is 7.35. The molecule has 1 aromatic carbocycles. The number of benzene rings is 1. The Hall–Kier alpha value is -2.54. The minimum absolute atomic E-state index is 0.0478. The van der Waals surface area contributed by atoms with Crippen molar-refractivity contribution in [3.05, 3.63) is 48.2 Å². The average Bonchev–Trinajstić information content (AvgIpc) is 3.07. The highest BCUT2D eigenvalue weighted by Gasteiger charge is 2.30. The Kier molecular flexibility index (Phi) is 5.00. The molecule has 1 N–H and O–H groups in total. The van der Waals surface area contributed by atoms with E-state index in [1.54, 1.807) is 13.2 Å². The van der Waals surface area contributed by atoms with Crippen molar-refractivity contribution in [2.75, 3.05) is 20.1 Å². The van der Waals surface area contributed by atoms with Crippen molar-refractivity contribution < 1.29 is 13.9 Å². The van der Waals surface area contributed by atoms with Crippen molar-refractivity contribution >= 4 is 5.91 Å². The number of likely N-dealkylation sites (tertiary alicyclic amines) is 1. The Bertz CT molecular complexity index is 708. The van der Waals surface area contributed by atoms with E-state index in [1.165, 1.54) is 30.5 Å². The van der Waals surface area contributed by atoms with Crippen LogP contribution >= 0.6 is 0 Å². The number of ether oxygens (including phenoxy) is 1. The molecule has 1 saturated heterocycles. The number of hydrogen-bond acceptors (Lipinski definition) is 5. The van der Waals surface area contributed by atoms with Gasteiger partial charge in [-0.2, -0.15) is 0 Å². The summed E-state index contributed by atoms with van der Waals surface area (Å²) in [6.45, 7) is 1.02. The number of nitrogens with one attached hydrogen (secondary N) is 1. The molecule has 0 radical (unpaired) electrons. The van der Waals surface area contributed by atoms with Gasteiger partial charge in [0.05, 0.1) is 30.7 Å². The van der Waals surface area contributed by atoms with E-state index in [-0.39, 0.29) is 17.8 Å². The molecule has 1 aromatic heterocycles. The van der Waals surface area contributed by atoms with Crippen LogP contribution in [0.4, 0.5) is 4.39 Å². The largest absolute Gasteiger partial charge is 0.437 e. The topological polar surface area (TPSA) is 67.4 Å². The molecule has 1 aliphatic heterocycles. The maximum absolute atomic E-state index is 12.9. The number of hydrogen-bond donors (Lipinski definition) is 1. The lowest BCUT2D eigenvalue weighted by atomic mass is 10.1. The number of carbonyl (C=O) groups excluding carboxylic acids is 1. The van der Waals surface area contributed by atoms with Crippen LogP contribution in [0.5, 0.6) is 11.6 Å². The first kappa shape index (κ1) is 16.3. The van der Waals surface area contributed by atoms with Crippen LogP contribution in [0.3, 0.4) is 0 Å². The highest BCUT2D eigenvalue weighted by Crippen LogP contribution is 2.31. The van der Waals surface area contributed by atoms with Crippen molar-refractivity contribution in [2.24, 2.45) is 0 Å². The van der Waals surface area contributed by atoms with Crippen LogP contribution in [0, 0.1) is 5.82 Å². The molecule has 126 valence electrons. The number of nitrogens with zero attached hydrogens (tertiary/aromatic N) is 3. The summed E-state index contributed by atoms with van der Waals surface area (Å²) in [6.07, 6.45) is 4.95. The Morgan fingerprint density at radius 2 is 2.17 bits per heavy atom. The molecule has 0 unspecified atom stereocenters. The lowest BCUT2D eigenvalue weighted by Crippen LogP contribution is -2.36. The Labute approximate surface area is 139 Å². The predicted molar refractivity (Wildman–Crippen MR) is 86.1 cm³/mol. The molecule has 24 heavy (non-hydrogen) atoms. The standard InChI is InChI=1S/C17H19FN4O2/c1-19-11-17(23)22-8-2-3-15(22)14-9-20-10-16(21-14)24-13-6-4-12(18)5-7-13/h4-7,9-10,15,19H,2-3,8,11H2,1H3/t15-/m0/s1. The van der Waals surface area contributed by atoms with E-state index in [4.69, 9.17) is 4.74 Å². The monoisotopic (exact) mass is 330 g/mol. The van der Waals surface area contributed by atoms with Crippen LogP contribution in [0.25, 0.3) is 0 Å². The van der Waals surface area contributed by atoms with Crippen molar-refractivity contribution in [3.8, 4) is 11.6 Å². The Balaban J connectivity index is 1.77. The van der Waals surface area contributed by atoms with Gasteiger partial charge in [-0.25, -0.2) is 9.37 Å². The van der Waals surface area contributed by atoms with E-state index < -0.39 is 0 Å². The number of halogens is 1. The van der Waals surface area contributed by atoms with Crippen LogP contribution in [0.15, 0.2) is 36.7 Å². The molecule has 1 amide bonds. The third kappa shape index (κ3) is 3.68. The van der Waals surface area contributed by atoms with Gasteiger partial charge in [-0.15, -0.1) is 0 Å². The minimum Gasteiger partial charge on any atom is -0.437 e. The van der Waals surface area contributed by atoms with Gasteiger partial charge in [-0.05, 0) is 44.2 Å². The molecule has 0 saturated carbocycles. The maximum Gasteiger partial charge on any atom is 0.238 e. The van der Waals surface area contributed by atoms with Crippen molar-refractivity contribution in [1.82, 2.24) is 20.2 Å². The summed E-state index contributed by atoms with van der Waals surface area (Å²) in [7, 11) is 1.75.